The number of halogens is 1. The van der Waals surface area contributed by atoms with Crippen molar-refractivity contribution in [2.45, 2.75) is 51.0 Å². The van der Waals surface area contributed by atoms with E-state index in [0.29, 0.717) is 11.5 Å². The van der Waals surface area contributed by atoms with Crippen LogP contribution in [0.2, 0.25) is 5.02 Å². The molecule has 1 heterocycles. The summed E-state index contributed by atoms with van der Waals surface area (Å²) >= 11 is 6.16. The van der Waals surface area contributed by atoms with Crippen molar-refractivity contribution in [1.82, 2.24) is 0 Å². The fourth-order valence-electron chi connectivity index (χ4n) is 6.30. The Hall–Kier alpha value is -0.690. The Morgan fingerprint density at radius 1 is 1.00 bits per heavy atom. The van der Waals surface area contributed by atoms with Crippen LogP contribution in [0.5, 0.6) is 0 Å². The summed E-state index contributed by atoms with van der Waals surface area (Å²) in [6.07, 6.45) is 10.2. The van der Waals surface area contributed by atoms with Gasteiger partial charge in [-0.25, -0.2) is 0 Å². The molecule has 2 heteroatoms. The fourth-order valence-corrected chi connectivity index (χ4v) is 6.50. The molecule has 1 nitrogen and oxygen atoms in total. The third kappa shape index (κ3) is 1.62. The first-order valence-corrected chi connectivity index (χ1v) is 8.63. The van der Waals surface area contributed by atoms with Gasteiger partial charge in [-0.3, -0.25) is 0 Å². The molecule has 0 saturated heterocycles. The van der Waals surface area contributed by atoms with Crippen LogP contribution >= 0.6 is 11.6 Å². The minimum absolute atomic E-state index is 0.597. The lowest BCUT2D eigenvalue weighted by Gasteiger charge is -2.59. The number of fused-ring (bicyclic) bond motifs is 1. The topological polar surface area (TPSA) is 12.0 Å². The SMILES string of the molecule is Clc1ccc2c(c1)CC(C13CC4CC(CC(C4)C1)C3)N2. The highest BCUT2D eigenvalue weighted by molar-refractivity contribution is 6.30. The second-order valence-electron chi connectivity index (χ2n) is 7.98. The van der Waals surface area contributed by atoms with Gasteiger partial charge in [-0.15, -0.1) is 0 Å². The molecule has 0 spiro atoms. The standard InChI is InChI=1S/C18H22ClN/c19-15-1-2-16-14(6-15)7-17(20-16)18-8-11-3-12(9-18)5-13(4-11)10-18/h1-2,6,11-13,17,20H,3-5,7-10H2. The Morgan fingerprint density at radius 2 is 1.65 bits per heavy atom. The summed E-state index contributed by atoms with van der Waals surface area (Å²) < 4.78 is 0. The average Bonchev–Trinajstić information content (AvgIpc) is 2.80. The zero-order chi connectivity index (χ0) is 13.3. The van der Waals surface area contributed by atoms with E-state index in [1.165, 1.54) is 56.2 Å². The van der Waals surface area contributed by atoms with Gasteiger partial charge in [0.1, 0.15) is 0 Å². The Kier molecular flexibility index (Phi) is 2.35. The summed E-state index contributed by atoms with van der Waals surface area (Å²) in [4.78, 5) is 0. The maximum Gasteiger partial charge on any atom is 0.0410 e. The van der Waals surface area contributed by atoms with E-state index in [1.807, 2.05) is 6.07 Å². The van der Waals surface area contributed by atoms with Gasteiger partial charge < -0.3 is 5.32 Å². The Morgan fingerprint density at radius 3 is 2.30 bits per heavy atom. The Labute approximate surface area is 126 Å². The molecule has 6 rings (SSSR count). The summed E-state index contributed by atoms with van der Waals surface area (Å²) in [6.45, 7) is 0. The first-order chi connectivity index (χ1) is 9.70. The van der Waals surface area contributed by atoms with Gasteiger partial charge in [-0.1, -0.05) is 11.6 Å². The van der Waals surface area contributed by atoms with Gasteiger partial charge in [0.15, 0.2) is 0 Å². The molecular formula is C18H22ClN. The average molecular weight is 288 g/mol. The van der Waals surface area contributed by atoms with Crippen molar-refractivity contribution < 1.29 is 0 Å². The van der Waals surface area contributed by atoms with Gasteiger partial charge >= 0.3 is 0 Å². The molecule has 1 aliphatic heterocycles. The lowest BCUT2D eigenvalue weighted by Crippen LogP contribution is -2.53. The molecule has 1 unspecified atom stereocenters. The zero-order valence-electron chi connectivity index (χ0n) is 11.9. The summed E-state index contributed by atoms with van der Waals surface area (Å²) in [5, 5.41) is 4.75. The number of anilines is 1. The quantitative estimate of drug-likeness (QED) is 0.775. The first kappa shape index (κ1) is 11.9. The van der Waals surface area contributed by atoms with Crippen molar-refractivity contribution in [3.8, 4) is 0 Å². The van der Waals surface area contributed by atoms with Gasteiger partial charge in [0, 0.05) is 16.8 Å². The third-order valence-electron chi connectivity index (χ3n) is 6.65. The molecule has 5 aliphatic rings. The van der Waals surface area contributed by atoms with Gasteiger partial charge in [0.05, 0.1) is 0 Å². The number of nitrogens with one attached hydrogen (secondary N) is 1. The Balaban J connectivity index is 1.47. The van der Waals surface area contributed by atoms with Crippen molar-refractivity contribution in [3.05, 3.63) is 28.8 Å². The van der Waals surface area contributed by atoms with E-state index >= 15 is 0 Å². The van der Waals surface area contributed by atoms with Crippen molar-refractivity contribution in [2.24, 2.45) is 23.2 Å². The maximum atomic E-state index is 6.16. The van der Waals surface area contributed by atoms with Crippen LogP contribution in [-0.4, -0.2) is 6.04 Å². The van der Waals surface area contributed by atoms with Crippen molar-refractivity contribution >= 4 is 17.3 Å². The van der Waals surface area contributed by atoms with Gasteiger partial charge in [0.2, 0.25) is 0 Å². The number of benzene rings is 1. The van der Waals surface area contributed by atoms with Crippen LogP contribution in [0.3, 0.4) is 0 Å². The molecule has 106 valence electrons. The normalized spacial score (nSPS) is 44.5. The zero-order valence-corrected chi connectivity index (χ0v) is 12.6. The third-order valence-corrected chi connectivity index (χ3v) is 6.88. The number of hydrogen-bond donors (Lipinski definition) is 1. The van der Waals surface area contributed by atoms with Crippen LogP contribution in [0, 0.1) is 23.2 Å². The molecule has 1 aromatic carbocycles. The highest BCUT2D eigenvalue weighted by Crippen LogP contribution is 2.62. The molecule has 4 bridgehead atoms. The molecule has 0 amide bonds. The largest absolute Gasteiger partial charge is 0.381 e. The Bertz CT molecular complexity index is 529. The number of hydrogen-bond acceptors (Lipinski definition) is 1. The van der Waals surface area contributed by atoms with E-state index < -0.39 is 0 Å². The van der Waals surface area contributed by atoms with Crippen molar-refractivity contribution in [3.63, 3.8) is 0 Å². The summed E-state index contributed by atoms with van der Waals surface area (Å²) in [5.74, 6) is 3.11. The van der Waals surface area contributed by atoms with Crippen LogP contribution in [0.15, 0.2) is 18.2 Å². The second kappa shape index (κ2) is 3.94. The highest BCUT2D eigenvalue weighted by Gasteiger charge is 2.54. The lowest BCUT2D eigenvalue weighted by atomic mass is 9.47. The molecule has 0 aromatic heterocycles. The number of rotatable bonds is 1. The molecule has 4 saturated carbocycles. The van der Waals surface area contributed by atoms with E-state index in [0.717, 1.165) is 22.8 Å². The molecule has 1 aromatic rings. The van der Waals surface area contributed by atoms with Gasteiger partial charge in [-0.05, 0) is 91.9 Å². The molecule has 4 fully saturated rings. The predicted octanol–water partition coefficient (Wildman–Crippen LogP) is 4.89. The van der Waals surface area contributed by atoms with Crippen LogP contribution in [0.4, 0.5) is 5.69 Å². The van der Waals surface area contributed by atoms with Gasteiger partial charge in [-0.2, -0.15) is 0 Å². The van der Waals surface area contributed by atoms with Crippen LogP contribution < -0.4 is 5.32 Å². The van der Waals surface area contributed by atoms with Crippen LogP contribution in [-0.2, 0) is 6.42 Å². The van der Waals surface area contributed by atoms with E-state index in [1.54, 1.807) is 0 Å². The first-order valence-electron chi connectivity index (χ1n) is 8.25. The summed E-state index contributed by atoms with van der Waals surface area (Å²) in [7, 11) is 0. The summed E-state index contributed by atoms with van der Waals surface area (Å²) in [6, 6.07) is 7.04. The fraction of sp³-hybridized carbons (Fsp3) is 0.667. The second-order valence-corrected chi connectivity index (χ2v) is 8.42. The van der Waals surface area contributed by atoms with E-state index in [2.05, 4.69) is 17.4 Å². The van der Waals surface area contributed by atoms with E-state index in [9.17, 15) is 0 Å². The smallest absolute Gasteiger partial charge is 0.0410 e. The molecule has 4 aliphatic carbocycles. The monoisotopic (exact) mass is 287 g/mol. The van der Waals surface area contributed by atoms with Gasteiger partial charge in [0.25, 0.3) is 0 Å². The van der Waals surface area contributed by atoms with E-state index in [4.69, 9.17) is 11.6 Å². The highest BCUT2D eigenvalue weighted by atomic mass is 35.5. The molecule has 1 N–H and O–H groups in total. The van der Waals surface area contributed by atoms with E-state index in [-0.39, 0.29) is 0 Å². The predicted molar refractivity (Wildman–Crippen MR) is 83.2 cm³/mol. The summed E-state index contributed by atoms with van der Waals surface area (Å²) in [5.41, 5.74) is 3.38. The molecule has 20 heavy (non-hydrogen) atoms. The molecule has 0 radical (unpaired) electrons. The molecule has 1 atom stereocenters. The minimum atomic E-state index is 0.597. The minimum Gasteiger partial charge on any atom is -0.381 e. The lowest BCUT2D eigenvalue weighted by molar-refractivity contribution is -0.0619. The van der Waals surface area contributed by atoms with Crippen molar-refractivity contribution in [1.29, 1.82) is 0 Å². The maximum absolute atomic E-state index is 6.16. The van der Waals surface area contributed by atoms with Crippen LogP contribution in [0.1, 0.15) is 44.1 Å². The molecular weight excluding hydrogens is 266 g/mol. The van der Waals surface area contributed by atoms with Crippen molar-refractivity contribution in [2.75, 3.05) is 5.32 Å². The van der Waals surface area contributed by atoms with Crippen LogP contribution in [0.25, 0.3) is 0 Å².